The topological polar surface area (TPSA) is 35.1 Å². The lowest BCUT2D eigenvalue weighted by Crippen LogP contribution is -2.14. The van der Waals surface area contributed by atoms with Gasteiger partial charge < -0.3 is 8.97 Å². The summed E-state index contributed by atoms with van der Waals surface area (Å²) in [5.41, 5.74) is 15.3. The van der Waals surface area contributed by atoms with Gasteiger partial charge in [-0.15, -0.1) is 0 Å². The van der Waals surface area contributed by atoms with Crippen LogP contribution in [0.3, 0.4) is 0 Å². The third-order valence-electron chi connectivity index (χ3n) is 12.2. The van der Waals surface area contributed by atoms with Crippen LogP contribution < -0.4 is 0 Å². The minimum Gasteiger partial charge on any atom is -0.309 e. The van der Waals surface area contributed by atoms with Crippen LogP contribution in [0.25, 0.3) is 99.4 Å². The molecule has 0 N–H and O–H groups in total. The van der Waals surface area contributed by atoms with E-state index >= 15 is 0 Å². The van der Waals surface area contributed by atoms with E-state index in [0.717, 1.165) is 22.5 Å². The van der Waals surface area contributed by atoms with Gasteiger partial charge in [-0.3, -0.25) is 0 Å². The van der Waals surface area contributed by atoms with Crippen molar-refractivity contribution in [3.8, 4) is 39.5 Å². The lowest BCUT2D eigenvalue weighted by atomic mass is 9.82. The second kappa shape index (κ2) is 11.0. The van der Waals surface area contributed by atoms with E-state index in [-0.39, 0.29) is 5.41 Å². The third-order valence-corrected chi connectivity index (χ3v) is 12.2. The highest BCUT2D eigenvalue weighted by Crippen LogP contribution is 2.49. The summed E-state index contributed by atoms with van der Waals surface area (Å²) in [6.07, 6.45) is 1.89. The number of nitrogens with zero attached hydrogens (tertiary/aromatic N) is 4. The van der Waals surface area contributed by atoms with Crippen molar-refractivity contribution in [3.63, 3.8) is 0 Å². The van der Waals surface area contributed by atoms with Gasteiger partial charge >= 0.3 is 0 Å². The number of aromatic nitrogens is 4. The fraction of sp³-hybridized carbons (Fsp3) is 0.0588. The van der Waals surface area contributed by atoms with Crippen LogP contribution in [-0.4, -0.2) is 18.9 Å². The smallest absolute Gasteiger partial charge is 0.159 e. The van der Waals surface area contributed by atoms with E-state index in [1.165, 1.54) is 82.2 Å². The van der Waals surface area contributed by atoms with Crippen molar-refractivity contribution in [2.24, 2.45) is 0 Å². The fourth-order valence-electron chi connectivity index (χ4n) is 9.61. The van der Waals surface area contributed by atoms with Gasteiger partial charge in [0.1, 0.15) is 0 Å². The standard InChI is InChI=1S/C51H34N4/c1-51(2)42-19-8-5-15-35(42)36-23-22-31(29-43(36)51)44-26-27-52-50(53-44)32-12-11-13-33(28-32)54-45-20-9-7-18-39(45)40-24-25-47-41(49(40)54)30-48-38-17-4-3-14-34(38)37-16-6-10-21-46(37)55(47)48/h3-30H,1-2H3. The van der Waals surface area contributed by atoms with Crippen molar-refractivity contribution in [3.05, 3.63) is 181 Å². The van der Waals surface area contributed by atoms with Gasteiger partial charge in [-0.2, -0.15) is 0 Å². The zero-order valence-corrected chi connectivity index (χ0v) is 30.5. The Morgan fingerprint density at radius 3 is 2.00 bits per heavy atom. The van der Waals surface area contributed by atoms with Gasteiger partial charge in [0, 0.05) is 55.4 Å². The van der Waals surface area contributed by atoms with Crippen LogP contribution in [0.15, 0.2) is 170 Å². The van der Waals surface area contributed by atoms with Gasteiger partial charge in [0.2, 0.25) is 0 Å². The Labute approximate surface area is 317 Å². The van der Waals surface area contributed by atoms with Crippen LogP contribution in [0.4, 0.5) is 0 Å². The van der Waals surface area contributed by atoms with Gasteiger partial charge in [-0.1, -0.05) is 129 Å². The van der Waals surface area contributed by atoms with Gasteiger partial charge in [-0.25, -0.2) is 9.97 Å². The molecule has 1 aliphatic carbocycles. The zero-order chi connectivity index (χ0) is 36.4. The van der Waals surface area contributed by atoms with Gasteiger partial charge in [-0.05, 0) is 76.2 Å². The normalized spacial score (nSPS) is 13.4. The van der Waals surface area contributed by atoms with Gasteiger partial charge in [0.25, 0.3) is 0 Å². The van der Waals surface area contributed by atoms with Crippen molar-refractivity contribution in [2.75, 3.05) is 0 Å². The summed E-state index contributed by atoms with van der Waals surface area (Å²) < 4.78 is 4.88. The molecule has 0 radical (unpaired) electrons. The molecule has 11 aromatic rings. The largest absolute Gasteiger partial charge is 0.309 e. The molecule has 4 heterocycles. The number of pyridine rings is 1. The highest BCUT2D eigenvalue weighted by molar-refractivity contribution is 6.22. The molecular formula is C51H34N4. The molecule has 4 nitrogen and oxygen atoms in total. The molecule has 0 atom stereocenters. The van der Waals surface area contributed by atoms with E-state index in [4.69, 9.17) is 9.97 Å². The lowest BCUT2D eigenvalue weighted by molar-refractivity contribution is 0.660. The van der Waals surface area contributed by atoms with Crippen LogP contribution in [0, 0.1) is 0 Å². The average molecular weight is 703 g/mol. The van der Waals surface area contributed by atoms with Crippen molar-refractivity contribution in [2.45, 2.75) is 19.3 Å². The Morgan fingerprint density at radius 2 is 1.15 bits per heavy atom. The summed E-state index contributed by atoms with van der Waals surface area (Å²) in [6, 6.07) is 59.6. The van der Waals surface area contributed by atoms with E-state index in [1.54, 1.807) is 0 Å². The molecule has 0 saturated heterocycles. The van der Waals surface area contributed by atoms with Gasteiger partial charge in [0.15, 0.2) is 5.82 Å². The maximum Gasteiger partial charge on any atom is 0.159 e. The molecule has 0 saturated carbocycles. The number of benzene rings is 7. The minimum atomic E-state index is -0.0773. The lowest BCUT2D eigenvalue weighted by Gasteiger charge is -2.21. The van der Waals surface area contributed by atoms with Crippen molar-refractivity contribution < 1.29 is 0 Å². The molecule has 0 aliphatic heterocycles. The van der Waals surface area contributed by atoms with E-state index in [2.05, 4.69) is 181 Å². The Bertz CT molecular complexity index is 3420. The molecular weight excluding hydrogens is 669 g/mol. The number of hydrogen-bond donors (Lipinski definition) is 0. The fourth-order valence-corrected chi connectivity index (χ4v) is 9.61. The summed E-state index contributed by atoms with van der Waals surface area (Å²) in [6.45, 7) is 4.64. The summed E-state index contributed by atoms with van der Waals surface area (Å²) in [4.78, 5) is 10.0. The number of rotatable bonds is 3. The molecule has 12 rings (SSSR count). The summed E-state index contributed by atoms with van der Waals surface area (Å²) in [5, 5.41) is 7.47. The Kier molecular flexibility index (Phi) is 6.09. The number of hydrogen-bond acceptors (Lipinski definition) is 2. The number of para-hydroxylation sites is 2. The first kappa shape index (κ1) is 30.4. The van der Waals surface area contributed by atoms with E-state index in [0.29, 0.717) is 5.82 Å². The molecule has 1 aliphatic rings. The monoisotopic (exact) mass is 702 g/mol. The van der Waals surface area contributed by atoms with Crippen LogP contribution in [-0.2, 0) is 5.41 Å². The molecule has 0 unspecified atom stereocenters. The molecule has 0 bridgehead atoms. The first-order valence-corrected chi connectivity index (χ1v) is 19.0. The average Bonchev–Trinajstić information content (AvgIpc) is 3.87. The Morgan fingerprint density at radius 1 is 0.455 bits per heavy atom. The Hall–Kier alpha value is -7.04. The van der Waals surface area contributed by atoms with Crippen molar-refractivity contribution in [1.82, 2.24) is 18.9 Å². The highest BCUT2D eigenvalue weighted by atomic mass is 15.0. The summed E-state index contributed by atoms with van der Waals surface area (Å²) in [5.74, 6) is 0.709. The van der Waals surface area contributed by atoms with Crippen molar-refractivity contribution >= 4 is 59.9 Å². The van der Waals surface area contributed by atoms with E-state index < -0.39 is 0 Å². The van der Waals surface area contributed by atoms with Crippen LogP contribution in [0.1, 0.15) is 25.0 Å². The second-order valence-corrected chi connectivity index (χ2v) is 15.4. The molecule has 4 heteroatoms. The number of fused-ring (bicyclic) bond motifs is 15. The second-order valence-electron chi connectivity index (χ2n) is 15.4. The maximum atomic E-state index is 5.20. The molecule has 0 amide bonds. The molecule has 55 heavy (non-hydrogen) atoms. The summed E-state index contributed by atoms with van der Waals surface area (Å²) >= 11 is 0. The SMILES string of the molecule is CC1(C)c2ccccc2-c2ccc(-c3ccnc(-c4cccc(-n5c6ccccc6c6ccc7c(cc8c9ccccc9c9ccccc9n87)c65)c4)n3)cc21. The van der Waals surface area contributed by atoms with Crippen molar-refractivity contribution in [1.29, 1.82) is 0 Å². The first-order chi connectivity index (χ1) is 27.0. The van der Waals surface area contributed by atoms with E-state index in [1.807, 2.05) is 12.3 Å². The van der Waals surface area contributed by atoms with E-state index in [9.17, 15) is 0 Å². The predicted molar refractivity (Wildman–Crippen MR) is 228 cm³/mol. The van der Waals surface area contributed by atoms with Crippen LogP contribution >= 0.6 is 0 Å². The molecule has 4 aromatic heterocycles. The molecule has 7 aromatic carbocycles. The highest BCUT2D eigenvalue weighted by Gasteiger charge is 2.35. The predicted octanol–water partition coefficient (Wildman–Crippen LogP) is 12.9. The van der Waals surface area contributed by atoms with Crippen LogP contribution in [0.5, 0.6) is 0 Å². The quantitative estimate of drug-likeness (QED) is 0.172. The molecule has 0 fully saturated rings. The maximum absolute atomic E-state index is 5.20. The molecule has 0 spiro atoms. The third kappa shape index (κ3) is 4.17. The summed E-state index contributed by atoms with van der Waals surface area (Å²) in [7, 11) is 0. The minimum absolute atomic E-state index is 0.0773. The Balaban J connectivity index is 1.05. The zero-order valence-electron chi connectivity index (χ0n) is 30.5. The van der Waals surface area contributed by atoms with Gasteiger partial charge in [0.05, 0.1) is 33.3 Å². The van der Waals surface area contributed by atoms with Crippen LogP contribution in [0.2, 0.25) is 0 Å². The first-order valence-electron chi connectivity index (χ1n) is 19.0. The molecule has 258 valence electrons.